The maximum Gasteiger partial charge on any atom is 0.410 e. The van der Waals surface area contributed by atoms with Crippen LogP contribution < -0.4 is 20.7 Å². The first-order valence-corrected chi connectivity index (χ1v) is 13.1. The van der Waals surface area contributed by atoms with E-state index in [4.69, 9.17) is 9.47 Å². The molecular formula is C29H37FN6O4. The van der Waals surface area contributed by atoms with E-state index in [-0.39, 0.29) is 18.3 Å². The number of aromatic nitrogens is 2. The minimum Gasteiger partial charge on any atom is -0.489 e. The molecule has 1 aromatic heterocycles. The Morgan fingerprint density at radius 1 is 1.10 bits per heavy atom. The number of benzene rings is 2. The lowest BCUT2D eigenvalue weighted by molar-refractivity contribution is -0.120. The molecule has 1 heterocycles. The van der Waals surface area contributed by atoms with Gasteiger partial charge in [-0.3, -0.25) is 9.69 Å². The summed E-state index contributed by atoms with van der Waals surface area (Å²) in [4.78, 5) is 35.2. The highest BCUT2D eigenvalue weighted by Crippen LogP contribution is 2.23. The van der Waals surface area contributed by atoms with Crippen molar-refractivity contribution in [2.45, 2.75) is 59.3 Å². The topological polar surface area (TPSA) is 118 Å². The number of amides is 2. The van der Waals surface area contributed by atoms with E-state index in [2.05, 4.69) is 25.9 Å². The highest BCUT2D eigenvalue weighted by molar-refractivity contribution is 5.96. The molecule has 0 aliphatic rings. The van der Waals surface area contributed by atoms with E-state index in [9.17, 15) is 14.0 Å². The lowest BCUT2D eigenvalue weighted by atomic mass is 10.2. The average Bonchev–Trinajstić information content (AvgIpc) is 2.89. The van der Waals surface area contributed by atoms with Gasteiger partial charge in [0.25, 0.3) is 0 Å². The summed E-state index contributed by atoms with van der Waals surface area (Å²) < 4.78 is 24.9. The second-order valence-electron chi connectivity index (χ2n) is 10.2. The number of anilines is 4. The van der Waals surface area contributed by atoms with E-state index in [1.54, 1.807) is 70.3 Å². The van der Waals surface area contributed by atoms with Crippen molar-refractivity contribution in [3.05, 3.63) is 66.1 Å². The average molecular weight is 553 g/mol. The SMILES string of the molecule is CCCNc1nc(Nc2cccc(F)c2)ncc1COc1cccc(NC(=O)[C@H](C)N(C)C(=O)OC(C)(C)C)c1. The van der Waals surface area contributed by atoms with E-state index in [1.807, 2.05) is 6.92 Å². The molecule has 11 heteroatoms. The van der Waals surface area contributed by atoms with Crippen LogP contribution in [0.5, 0.6) is 5.75 Å². The van der Waals surface area contributed by atoms with Gasteiger partial charge < -0.3 is 25.4 Å². The molecule has 10 nitrogen and oxygen atoms in total. The number of nitrogens with zero attached hydrogens (tertiary/aromatic N) is 3. The van der Waals surface area contributed by atoms with E-state index >= 15 is 0 Å². The van der Waals surface area contributed by atoms with Gasteiger partial charge in [-0.15, -0.1) is 0 Å². The van der Waals surface area contributed by atoms with Gasteiger partial charge in [-0.1, -0.05) is 19.1 Å². The molecule has 40 heavy (non-hydrogen) atoms. The molecule has 0 fully saturated rings. The summed E-state index contributed by atoms with van der Waals surface area (Å²) in [5.74, 6) is 0.713. The van der Waals surface area contributed by atoms with Crippen LogP contribution in [0.15, 0.2) is 54.7 Å². The molecule has 3 rings (SSSR count). The number of hydrogen-bond donors (Lipinski definition) is 3. The molecule has 0 radical (unpaired) electrons. The number of likely N-dealkylation sites (N-methyl/N-ethyl adjacent to an activating group) is 1. The van der Waals surface area contributed by atoms with Crippen LogP contribution in [-0.2, 0) is 16.1 Å². The van der Waals surface area contributed by atoms with Crippen molar-refractivity contribution < 1.29 is 23.5 Å². The fraction of sp³-hybridized carbons (Fsp3) is 0.379. The summed E-state index contributed by atoms with van der Waals surface area (Å²) in [7, 11) is 1.52. The van der Waals surface area contributed by atoms with Crippen molar-refractivity contribution in [2.75, 3.05) is 29.5 Å². The summed E-state index contributed by atoms with van der Waals surface area (Å²) in [6.45, 7) is 9.83. The third kappa shape index (κ3) is 9.11. The highest BCUT2D eigenvalue weighted by Gasteiger charge is 2.27. The largest absolute Gasteiger partial charge is 0.489 e. The number of ether oxygens (including phenoxy) is 2. The van der Waals surface area contributed by atoms with Crippen molar-refractivity contribution >= 4 is 35.1 Å². The molecular weight excluding hydrogens is 515 g/mol. The van der Waals surface area contributed by atoms with Gasteiger partial charge in [-0.05, 0) is 64.4 Å². The van der Waals surface area contributed by atoms with Crippen LogP contribution in [0.25, 0.3) is 0 Å². The second kappa shape index (κ2) is 13.6. The van der Waals surface area contributed by atoms with Gasteiger partial charge in [0.2, 0.25) is 11.9 Å². The first-order chi connectivity index (χ1) is 18.9. The maximum atomic E-state index is 13.5. The van der Waals surface area contributed by atoms with Crippen LogP contribution in [0.2, 0.25) is 0 Å². The Kier molecular flexibility index (Phi) is 10.2. The second-order valence-corrected chi connectivity index (χ2v) is 10.2. The molecule has 3 N–H and O–H groups in total. The van der Waals surface area contributed by atoms with Crippen molar-refractivity contribution in [2.24, 2.45) is 0 Å². The molecule has 2 aromatic carbocycles. The lowest BCUT2D eigenvalue weighted by Crippen LogP contribution is -2.45. The van der Waals surface area contributed by atoms with Crippen LogP contribution in [0.3, 0.4) is 0 Å². The van der Waals surface area contributed by atoms with E-state index in [0.717, 1.165) is 12.0 Å². The lowest BCUT2D eigenvalue weighted by Gasteiger charge is -2.28. The van der Waals surface area contributed by atoms with Gasteiger partial charge in [0.05, 0.1) is 5.56 Å². The fourth-order valence-corrected chi connectivity index (χ4v) is 3.40. The molecule has 0 saturated heterocycles. The summed E-state index contributed by atoms with van der Waals surface area (Å²) in [5, 5.41) is 9.10. The minimum absolute atomic E-state index is 0.168. The Morgan fingerprint density at radius 2 is 1.82 bits per heavy atom. The zero-order valence-electron chi connectivity index (χ0n) is 23.7. The van der Waals surface area contributed by atoms with E-state index in [1.165, 1.54) is 24.1 Å². The third-order valence-electron chi connectivity index (χ3n) is 5.63. The molecule has 3 aromatic rings. The summed E-state index contributed by atoms with van der Waals surface area (Å²) in [5.41, 5.74) is 1.11. The molecule has 2 amide bonds. The first kappa shape index (κ1) is 30.1. The van der Waals surface area contributed by atoms with Crippen molar-refractivity contribution in [3.8, 4) is 5.75 Å². The summed E-state index contributed by atoms with van der Waals surface area (Å²) in [6.07, 6.45) is 1.95. The Labute approximate surface area is 234 Å². The number of carbonyl (C=O) groups is 2. The quantitative estimate of drug-likeness (QED) is 0.267. The maximum absolute atomic E-state index is 13.5. The van der Waals surface area contributed by atoms with Crippen LogP contribution in [-0.4, -0.2) is 52.1 Å². The summed E-state index contributed by atoms with van der Waals surface area (Å²) in [6, 6.07) is 12.2. The minimum atomic E-state index is -0.761. The molecule has 0 saturated carbocycles. The number of hydrogen-bond acceptors (Lipinski definition) is 8. The Hall–Kier alpha value is -4.41. The monoisotopic (exact) mass is 552 g/mol. The smallest absolute Gasteiger partial charge is 0.410 e. The standard InChI is InChI=1S/C29H37FN6O4/c1-7-14-31-25-20(17-32-27(35-25)34-22-11-8-10-21(30)15-22)18-39-24-13-9-12-23(16-24)33-26(37)19(2)36(6)28(38)40-29(3,4)5/h8-13,15-17,19H,7,14,18H2,1-6H3,(H,33,37)(H2,31,32,34,35)/t19-/m0/s1. The fourth-order valence-electron chi connectivity index (χ4n) is 3.40. The zero-order valence-corrected chi connectivity index (χ0v) is 23.7. The summed E-state index contributed by atoms with van der Waals surface area (Å²) >= 11 is 0. The highest BCUT2D eigenvalue weighted by atomic mass is 19.1. The predicted octanol–water partition coefficient (Wildman–Crippen LogP) is 5.95. The van der Waals surface area contributed by atoms with E-state index < -0.39 is 17.7 Å². The Morgan fingerprint density at radius 3 is 2.52 bits per heavy atom. The van der Waals surface area contributed by atoms with Gasteiger partial charge in [-0.2, -0.15) is 4.98 Å². The van der Waals surface area contributed by atoms with Gasteiger partial charge in [-0.25, -0.2) is 14.2 Å². The zero-order chi connectivity index (χ0) is 29.3. The molecule has 214 valence electrons. The van der Waals surface area contributed by atoms with Crippen molar-refractivity contribution in [1.82, 2.24) is 14.9 Å². The first-order valence-electron chi connectivity index (χ1n) is 13.1. The molecule has 1 atom stereocenters. The van der Waals surface area contributed by atoms with Crippen molar-refractivity contribution in [1.29, 1.82) is 0 Å². The van der Waals surface area contributed by atoms with Crippen molar-refractivity contribution in [3.63, 3.8) is 0 Å². The number of carbonyl (C=O) groups excluding carboxylic acids is 2. The third-order valence-corrected chi connectivity index (χ3v) is 5.63. The number of halogens is 1. The van der Waals surface area contributed by atoms with Gasteiger partial charge in [0, 0.05) is 37.2 Å². The van der Waals surface area contributed by atoms with Crippen LogP contribution in [0.4, 0.5) is 32.3 Å². The predicted molar refractivity (Wildman–Crippen MR) is 153 cm³/mol. The van der Waals surface area contributed by atoms with Gasteiger partial charge in [0.1, 0.15) is 35.6 Å². The molecule has 0 aliphatic carbocycles. The Balaban J connectivity index is 1.65. The van der Waals surface area contributed by atoms with Gasteiger partial charge in [0.15, 0.2) is 0 Å². The number of rotatable bonds is 11. The molecule has 0 spiro atoms. The van der Waals surface area contributed by atoms with Gasteiger partial charge >= 0.3 is 6.09 Å². The van der Waals surface area contributed by atoms with E-state index in [0.29, 0.717) is 35.4 Å². The van der Waals surface area contributed by atoms with Crippen LogP contribution in [0, 0.1) is 5.82 Å². The van der Waals surface area contributed by atoms with Crippen LogP contribution >= 0.6 is 0 Å². The van der Waals surface area contributed by atoms with Crippen LogP contribution in [0.1, 0.15) is 46.6 Å². The Bertz CT molecular complexity index is 1310. The molecule has 0 bridgehead atoms. The number of nitrogens with one attached hydrogen (secondary N) is 3. The molecule has 0 aliphatic heterocycles. The normalized spacial score (nSPS) is 11.8. The molecule has 0 unspecified atom stereocenters.